The van der Waals surface area contributed by atoms with E-state index < -0.39 is 0 Å². The molecule has 7 aromatic carbocycles. The van der Waals surface area contributed by atoms with E-state index in [9.17, 15) is 0 Å². The van der Waals surface area contributed by atoms with Gasteiger partial charge in [0.15, 0.2) is 11.6 Å². The molecule has 222 valence electrons. The zero-order valence-electron chi connectivity index (χ0n) is 25.8. The fraction of sp³-hybridized carbons (Fsp3) is 0.0455. The van der Waals surface area contributed by atoms with Gasteiger partial charge in [-0.05, 0) is 79.9 Å². The Balaban J connectivity index is 1.13. The van der Waals surface area contributed by atoms with Crippen LogP contribution in [0, 0.1) is 0 Å². The molecule has 0 spiro atoms. The summed E-state index contributed by atoms with van der Waals surface area (Å²) in [6.07, 6.45) is 6.90. The molecule has 0 atom stereocenters. The predicted molar refractivity (Wildman–Crippen MR) is 196 cm³/mol. The van der Waals surface area contributed by atoms with Crippen LogP contribution in [0.1, 0.15) is 12.8 Å². The molecule has 3 heteroatoms. The topological polar surface area (TPSA) is 30.7 Å². The van der Waals surface area contributed by atoms with E-state index in [1.54, 1.807) is 0 Å². The van der Waals surface area contributed by atoms with Gasteiger partial charge in [0.1, 0.15) is 0 Å². The van der Waals surface area contributed by atoms with Crippen molar-refractivity contribution in [1.82, 2.24) is 14.8 Å². The third kappa shape index (κ3) is 5.03. The van der Waals surface area contributed by atoms with E-state index in [-0.39, 0.29) is 0 Å². The van der Waals surface area contributed by atoms with E-state index in [0.29, 0.717) is 5.82 Å². The maximum atomic E-state index is 5.18. The van der Waals surface area contributed by atoms with Crippen LogP contribution in [-0.2, 0) is 0 Å². The van der Waals surface area contributed by atoms with Crippen molar-refractivity contribution in [1.29, 1.82) is 0 Å². The molecule has 0 N–H and O–H groups in total. The van der Waals surface area contributed by atoms with Crippen LogP contribution in [0.4, 0.5) is 0 Å². The molecular weight excluding hydrogens is 571 g/mol. The molecule has 0 unspecified atom stereocenters. The minimum atomic E-state index is 0.698. The first-order valence-electron chi connectivity index (χ1n) is 16.2. The predicted octanol–water partition coefficient (Wildman–Crippen LogP) is 9.60. The lowest BCUT2D eigenvalue weighted by Gasteiger charge is -2.10. The second kappa shape index (κ2) is 11.4. The Morgan fingerprint density at radius 3 is 1.83 bits per heavy atom. The molecule has 0 radical (unpaired) electrons. The van der Waals surface area contributed by atoms with E-state index in [4.69, 9.17) is 10.1 Å². The fourth-order valence-electron chi connectivity index (χ4n) is 6.77. The van der Waals surface area contributed by atoms with Gasteiger partial charge < -0.3 is 0 Å². The second-order valence-electron chi connectivity index (χ2n) is 12.2. The summed E-state index contributed by atoms with van der Waals surface area (Å²) in [5.41, 5.74) is 7.79. The summed E-state index contributed by atoms with van der Waals surface area (Å²) < 4.78 is 2.01. The van der Waals surface area contributed by atoms with Gasteiger partial charge in [-0.1, -0.05) is 146 Å². The molecule has 9 rings (SSSR count). The highest BCUT2D eigenvalue weighted by atomic mass is 15.4. The molecule has 0 saturated heterocycles. The molecule has 0 saturated carbocycles. The van der Waals surface area contributed by atoms with Crippen LogP contribution in [0.5, 0.6) is 0 Å². The van der Waals surface area contributed by atoms with Crippen LogP contribution in [0.3, 0.4) is 0 Å². The van der Waals surface area contributed by atoms with Crippen LogP contribution in [0.15, 0.2) is 152 Å². The Morgan fingerprint density at radius 1 is 0.426 bits per heavy atom. The lowest BCUT2D eigenvalue weighted by atomic mass is 9.99. The third-order valence-corrected chi connectivity index (χ3v) is 9.29. The highest BCUT2D eigenvalue weighted by molar-refractivity contribution is 5.91. The molecular formula is C44H31N3. The Bertz CT molecular complexity index is 2550. The van der Waals surface area contributed by atoms with Gasteiger partial charge in [0.2, 0.25) is 0 Å². The van der Waals surface area contributed by atoms with E-state index in [0.717, 1.165) is 40.9 Å². The summed E-state index contributed by atoms with van der Waals surface area (Å²) in [5, 5.41) is 12.6. The molecule has 0 aliphatic heterocycles. The van der Waals surface area contributed by atoms with Gasteiger partial charge >= 0.3 is 0 Å². The smallest absolute Gasteiger partial charge is 0.182 e. The van der Waals surface area contributed by atoms with Crippen LogP contribution in [0.2, 0.25) is 0 Å². The largest absolute Gasteiger partial charge is 0.212 e. The van der Waals surface area contributed by atoms with E-state index in [1.807, 2.05) is 4.68 Å². The van der Waals surface area contributed by atoms with Crippen molar-refractivity contribution in [3.63, 3.8) is 0 Å². The molecule has 1 aliphatic carbocycles. The van der Waals surface area contributed by atoms with Gasteiger partial charge in [0.05, 0.1) is 5.69 Å². The van der Waals surface area contributed by atoms with Gasteiger partial charge in [0, 0.05) is 16.5 Å². The quantitative estimate of drug-likeness (QED) is 0.197. The van der Waals surface area contributed by atoms with Crippen molar-refractivity contribution >= 4 is 33.7 Å². The van der Waals surface area contributed by atoms with Gasteiger partial charge in [-0.15, -0.1) is 5.10 Å². The molecule has 1 aliphatic rings. The first kappa shape index (κ1) is 27.3. The van der Waals surface area contributed by atoms with Gasteiger partial charge in [0.25, 0.3) is 0 Å². The minimum absolute atomic E-state index is 0.698. The molecule has 8 aromatic rings. The standard InChI is InChI=1S/C44H31N3/c1-3-11-37-28-39(26-20-30(37)8-1)32-16-22-35(23-17-32)43-45-44(47(46-43)42-15-7-13-34-10-5-6-14-41(34)42)36-24-18-33(19-25-36)40-27-21-31-9-2-4-12-38(31)29-40/h1,3,5-29H,2,4H2. The zero-order valence-corrected chi connectivity index (χ0v) is 25.8. The second-order valence-corrected chi connectivity index (χ2v) is 12.2. The zero-order chi connectivity index (χ0) is 31.2. The number of nitrogens with zero attached hydrogens (tertiary/aromatic N) is 3. The number of rotatable bonds is 5. The van der Waals surface area contributed by atoms with Crippen LogP contribution >= 0.6 is 0 Å². The molecule has 0 amide bonds. The van der Waals surface area contributed by atoms with Crippen molar-refractivity contribution in [2.24, 2.45) is 0 Å². The molecule has 47 heavy (non-hydrogen) atoms. The van der Waals surface area contributed by atoms with Crippen molar-refractivity contribution in [2.45, 2.75) is 12.8 Å². The van der Waals surface area contributed by atoms with Crippen LogP contribution in [-0.4, -0.2) is 14.8 Å². The highest BCUT2D eigenvalue weighted by Crippen LogP contribution is 2.32. The van der Waals surface area contributed by atoms with Crippen LogP contribution in [0.25, 0.3) is 84.4 Å². The van der Waals surface area contributed by atoms with Crippen molar-refractivity contribution < 1.29 is 0 Å². The maximum Gasteiger partial charge on any atom is 0.182 e. The Hall–Kier alpha value is -6.06. The summed E-state index contributed by atoms with van der Waals surface area (Å²) >= 11 is 0. The van der Waals surface area contributed by atoms with Crippen molar-refractivity contribution in [3.05, 3.63) is 162 Å². The van der Waals surface area contributed by atoms with E-state index in [1.165, 1.54) is 48.8 Å². The lowest BCUT2D eigenvalue weighted by Crippen LogP contribution is -2.26. The normalized spacial score (nSPS) is 12.4. The number of aromatic nitrogens is 3. The summed E-state index contributed by atoms with van der Waals surface area (Å²) in [7, 11) is 0. The number of benzene rings is 7. The van der Waals surface area contributed by atoms with Crippen LogP contribution < -0.4 is 10.4 Å². The van der Waals surface area contributed by atoms with Gasteiger partial charge in [-0.3, -0.25) is 0 Å². The average Bonchev–Trinajstić information content (AvgIpc) is 3.60. The minimum Gasteiger partial charge on any atom is -0.212 e. The molecule has 0 bridgehead atoms. The van der Waals surface area contributed by atoms with E-state index >= 15 is 0 Å². The Morgan fingerprint density at radius 2 is 1.02 bits per heavy atom. The average molecular weight is 602 g/mol. The number of fused-ring (bicyclic) bond motifs is 3. The molecule has 1 aromatic heterocycles. The van der Waals surface area contributed by atoms with E-state index in [2.05, 4.69) is 164 Å². The summed E-state index contributed by atoms with van der Waals surface area (Å²) in [5.74, 6) is 1.51. The third-order valence-electron chi connectivity index (χ3n) is 9.29. The number of hydrogen-bond acceptors (Lipinski definition) is 2. The monoisotopic (exact) mass is 601 g/mol. The Labute approximate surface area is 273 Å². The van der Waals surface area contributed by atoms with Crippen molar-refractivity contribution in [2.75, 3.05) is 0 Å². The first-order chi connectivity index (χ1) is 23.3. The lowest BCUT2D eigenvalue weighted by molar-refractivity contribution is 0.898. The molecule has 3 nitrogen and oxygen atoms in total. The SMILES string of the molecule is C1=c2ccc(-c3ccc(-c4nc(-c5ccc(-c6ccc7ccccc7c6)cc5)nn4-c4cccc5ccccc45)cc3)cc2=CCC1. The fourth-order valence-corrected chi connectivity index (χ4v) is 6.77. The van der Waals surface area contributed by atoms with Gasteiger partial charge in [-0.25, -0.2) is 9.67 Å². The first-order valence-corrected chi connectivity index (χ1v) is 16.2. The molecule has 1 heterocycles. The highest BCUT2D eigenvalue weighted by Gasteiger charge is 2.17. The molecule has 0 fully saturated rings. The Kier molecular flexibility index (Phi) is 6.60. The summed E-state index contributed by atoms with van der Waals surface area (Å²) in [6.45, 7) is 0. The number of hydrogen-bond donors (Lipinski definition) is 0. The van der Waals surface area contributed by atoms with Gasteiger partial charge in [-0.2, -0.15) is 0 Å². The maximum absolute atomic E-state index is 5.18. The van der Waals surface area contributed by atoms with Crippen molar-refractivity contribution in [3.8, 4) is 50.7 Å². The summed E-state index contributed by atoms with van der Waals surface area (Å²) in [6, 6.07) is 54.0. The summed E-state index contributed by atoms with van der Waals surface area (Å²) in [4.78, 5) is 5.18.